The fourth-order valence-corrected chi connectivity index (χ4v) is 3.50. The minimum atomic E-state index is -0.0237. The van der Waals surface area contributed by atoms with E-state index < -0.39 is 0 Å². The van der Waals surface area contributed by atoms with Gasteiger partial charge in [0.25, 0.3) is 0 Å². The molecule has 0 radical (unpaired) electrons. The number of nitrogens with one attached hydrogen (secondary N) is 1. The first-order valence-corrected chi connectivity index (χ1v) is 11.8. The summed E-state index contributed by atoms with van der Waals surface area (Å²) in [6, 6.07) is 16.6. The third-order valence-electron chi connectivity index (χ3n) is 5.79. The second-order valence-electron chi connectivity index (χ2n) is 8.57. The molecule has 4 nitrogen and oxygen atoms in total. The summed E-state index contributed by atoms with van der Waals surface area (Å²) in [6.45, 7) is 8.70. The topological polar surface area (TPSA) is 63.8 Å². The molecule has 3 aromatic rings. The molecule has 0 saturated heterocycles. The first-order chi connectivity index (χ1) is 15.5. The van der Waals surface area contributed by atoms with E-state index in [1.165, 1.54) is 24.0 Å². The van der Waals surface area contributed by atoms with E-state index in [0.29, 0.717) is 11.7 Å². The number of nitrogens with zero attached hydrogens (tertiary/aromatic N) is 2. The summed E-state index contributed by atoms with van der Waals surface area (Å²) < 4.78 is 0. The molecule has 168 valence electrons. The third kappa shape index (κ3) is 6.51. The van der Waals surface area contributed by atoms with Crippen LogP contribution >= 0.6 is 0 Å². The molecule has 2 aromatic carbocycles. The van der Waals surface area contributed by atoms with Gasteiger partial charge in [-0.25, -0.2) is 9.97 Å². The summed E-state index contributed by atoms with van der Waals surface area (Å²) in [7, 11) is 0. The van der Waals surface area contributed by atoms with E-state index >= 15 is 0 Å². The van der Waals surface area contributed by atoms with Crippen molar-refractivity contribution in [1.29, 1.82) is 0 Å². The Balaban J connectivity index is 1.86. The maximum absolute atomic E-state index is 6.04. The van der Waals surface area contributed by atoms with Gasteiger partial charge < -0.3 is 11.1 Å². The first kappa shape index (κ1) is 23.7. The molecule has 4 heteroatoms. The zero-order valence-electron chi connectivity index (χ0n) is 19.8. The highest BCUT2D eigenvalue weighted by molar-refractivity contribution is 5.66. The Labute approximate surface area is 193 Å². The first-order valence-electron chi connectivity index (χ1n) is 11.8. The summed E-state index contributed by atoms with van der Waals surface area (Å²) >= 11 is 0. The van der Waals surface area contributed by atoms with Crippen molar-refractivity contribution in [3.8, 4) is 11.4 Å². The second kappa shape index (κ2) is 11.6. The molecule has 0 aliphatic rings. The van der Waals surface area contributed by atoms with Crippen LogP contribution in [-0.2, 0) is 6.42 Å². The number of unbranched alkanes of at least 4 members (excludes halogenated alkanes) is 1. The summed E-state index contributed by atoms with van der Waals surface area (Å²) in [5.74, 6) is 2.04. The van der Waals surface area contributed by atoms with Crippen molar-refractivity contribution in [3.05, 3.63) is 77.5 Å². The van der Waals surface area contributed by atoms with Crippen LogP contribution in [0.3, 0.4) is 0 Å². The minimum Gasteiger partial charge on any atom is -0.340 e. The molecule has 0 spiro atoms. The Morgan fingerprint density at radius 1 is 1.06 bits per heavy atom. The molecular formula is C28H36N4. The number of hydrogen-bond acceptors (Lipinski definition) is 4. The molecule has 3 N–H and O–H groups in total. The van der Waals surface area contributed by atoms with E-state index in [1.807, 2.05) is 31.2 Å². The molecule has 2 atom stereocenters. The molecular weight excluding hydrogens is 392 g/mol. The molecule has 1 heterocycles. The van der Waals surface area contributed by atoms with Crippen molar-refractivity contribution in [2.45, 2.75) is 59.4 Å². The van der Waals surface area contributed by atoms with Crippen molar-refractivity contribution in [2.75, 3.05) is 5.32 Å². The van der Waals surface area contributed by atoms with Gasteiger partial charge >= 0.3 is 0 Å². The molecule has 32 heavy (non-hydrogen) atoms. The molecule has 1 aromatic heterocycles. The van der Waals surface area contributed by atoms with Gasteiger partial charge in [0, 0.05) is 23.5 Å². The van der Waals surface area contributed by atoms with E-state index in [0.717, 1.165) is 35.5 Å². The zero-order chi connectivity index (χ0) is 22.9. The van der Waals surface area contributed by atoms with E-state index in [2.05, 4.69) is 67.5 Å². The quantitative estimate of drug-likeness (QED) is 0.355. The van der Waals surface area contributed by atoms with Gasteiger partial charge in [-0.2, -0.15) is 0 Å². The van der Waals surface area contributed by atoms with E-state index in [-0.39, 0.29) is 6.04 Å². The molecule has 0 amide bonds. The fraction of sp³-hybridized carbons (Fsp3) is 0.357. The lowest BCUT2D eigenvalue weighted by Gasteiger charge is -2.12. The Kier molecular flexibility index (Phi) is 8.57. The fourth-order valence-electron chi connectivity index (χ4n) is 3.50. The van der Waals surface area contributed by atoms with Gasteiger partial charge in [0.1, 0.15) is 5.82 Å². The van der Waals surface area contributed by atoms with Gasteiger partial charge in [-0.1, -0.05) is 70.0 Å². The monoisotopic (exact) mass is 428 g/mol. The minimum absolute atomic E-state index is 0.0237. The third-order valence-corrected chi connectivity index (χ3v) is 5.79. The molecule has 0 aliphatic heterocycles. The number of nitrogens with two attached hydrogens (primary N) is 1. The van der Waals surface area contributed by atoms with E-state index in [9.17, 15) is 0 Å². The lowest BCUT2D eigenvalue weighted by Crippen LogP contribution is -2.05. The molecule has 3 rings (SSSR count). The van der Waals surface area contributed by atoms with Crippen LogP contribution in [0.15, 0.2) is 60.8 Å². The van der Waals surface area contributed by atoms with Crippen molar-refractivity contribution < 1.29 is 0 Å². The Morgan fingerprint density at radius 3 is 2.66 bits per heavy atom. The van der Waals surface area contributed by atoms with Crippen LogP contribution in [0.25, 0.3) is 17.5 Å². The number of benzene rings is 2. The predicted octanol–water partition coefficient (Wildman–Crippen LogP) is 7.31. The molecule has 0 fully saturated rings. The van der Waals surface area contributed by atoms with Crippen molar-refractivity contribution >= 4 is 17.6 Å². The summed E-state index contributed by atoms with van der Waals surface area (Å²) in [6.07, 6.45) is 11.0. The Bertz CT molecular complexity index is 1040. The van der Waals surface area contributed by atoms with Gasteiger partial charge in [0.2, 0.25) is 0 Å². The van der Waals surface area contributed by atoms with Crippen molar-refractivity contribution in [1.82, 2.24) is 9.97 Å². The van der Waals surface area contributed by atoms with Crippen LogP contribution in [0.5, 0.6) is 0 Å². The lowest BCUT2D eigenvalue weighted by atomic mass is 9.99. The average molecular weight is 429 g/mol. The van der Waals surface area contributed by atoms with Crippen LogP contribution in [0.1, 0.15) is 69.7 Å². The number of aromatic nitrogens is 2. The average Bonchev–Trinajstić information content (AvgIpc) is 2.82. The van der Waals surface area contributed by atoms with Gasteiger partial charge in [-0.05, 0) is 66.6 Å². The molecule has 0 bridgehead atoms. The highest BCUT2D eigenvalue weighted by atomic mass is 15.0. The van der Waals surface area contributed by atoms with Crippen LogP contribution in [0.4, 0.5) is 11.5 Å². The van der Waals surface area contributed by atoms with Crippen molar-refractivity contribution in [3.63, 3.8) is 0 Å². The zero-order valence-corrected chi connectivity index (χ0v) is 19.8. The normalized spacial score (nSPS) is 13.3. The summed E-state index contributed by atoms with van der Waals surface area (Å²) in [5, 5.41) is 3.47. The van der Waals surface area contributed by atoms with Crippen LogP contribution in [0.2, 0.25) is 0 Å². The van der Waals surface area contributed by atoms with Gasteiger partial charge in [-0.3, -0.25) is 0 Å². The Hall–Kier alpha value is -2.98. The number of anilines is 2. The van der Waals surface area contributed by atoms with Crippen LogP contribution in [0, 0.1) is 5.92 Å². The summed E-state index contributed by atoms with van der Waals surface area (Å²) in [4.78, 5) is 9.22. The number of hydrogen-bond donors (Lipinski definition) is 2. The highest BCUT2D eigenvalue weighted by Crippen LogP contribution is 2.25. The second-order valence-corrected chi connectivity index (χ2v) is 8.57. The van der Waals surface area contributed by atoms with Gasteiger partial charge in [0.05, 0.1) is 0 Å². The highest BCUT2D eigenvalue weighted by Gasteiger charge is 2.08. The van der Waals surface area contributed by atoms with Crippen molar-refractivity contribution in [2.24, 2.45) is 11.7 Å². The number of rotatable bonds is 10. The number of allylic oxidation sites excluding steroid dienone is 1. The maximum atomic E-state index is 6.04. The molecule has 0 saturated carbocycles. The van der Waals surface area contributed by atoms with E-state index in [1.54, 1.807) is 6.20 Å². The summed E-state index contributed by atoms with van der Waals surface area (Å²) in [5.41, 5.74) is 11.8. The Morgan fingerprint density at radius 2 is 1.91 bits per heavy atom. The lowest BCUT2D eigenvalue weighted by molar-refractivity contribution is 0.701. The molecule has 0 aliphatic carbocycles. The van der Waals surface area contributed by atoms with Crippen LogP contribution in [-0.4, -0.2) is 9.97 Å². The standard InChI is InChI=1S/C28H36N4/c1-5-7-9-22-14-15-26(19-24(22)13-12-20(3)6-2)31-27-16-17-30-28(32-27)25-11-8-10-23(18-25)21(4)29/h8,10-21H,5-7,9,29H2,1-4H3,(H,30,31,32). The largest absolute Gasteiger partial charge is 0.340 e. The maximum Gasteiger partial charge on any atom is 0.161 e. The van der Waals surface area contributed by atoms with Gasteiger partial charge in [-0.15, -0.1) is 0 Å². The smallest absolute Gasteiger partial charge is 0.161 e. The predicted molar refractivity (Wildman–Crippen MR) is 137 cm³/mol. The van der Waals surface area contributed by atoms with Gasteiger partial charge in [0.15, 0.2) is 5.82 Å². The number of aryl methyl sites for hydroxylation is 1. The van der Waals surface area contributed by atoms with E-state index in [4.69, 9.17) is 10.7 Å². The molecule has 2 unspecified atom stereocenters. The van der Waals surface area contributed by atoms with Crippen LogP contribution < -0.4 is 11.1 Å². The SMILES string of the molecule is CCCCc1ccc(Nc2ccnc(-c3cccc(C(C)N)c3)n2)cc1C=CC(C)CC.